The van der Waals surface area contributed by atoms with Gasteiger partial charge in [-0.05, 0) is 5.56 Å². The molecule has 9 heteroatoms. The maximum atomic E-state index is 10.2. The molecule has 9 nitrogen and oxygen atoms in total. The van der Waals surface area contributed by atoms with Gasteiger partial charge in [-0.1, -0.05) is 30.3 Å². The van der Waals surface area contributed by atoms with Gasteiger partial charge in [0, 0.05) is 6.42 Å². The predicted molar refractivity (Wildman–Crippen MR) is 89.2 cm³/mol. The molecule has 4 rings (SSSR count). The average Bonchev–Trinajstić information content (AvgIpc) is 3.18. The molecule has 1 fully saturated rings. The lowest BCUT2D eigenvalue weighted by Gasteiger charge is -2.16. The molecule has 1 aliphatic heterocycles. The van der Waals surface area contributed by atoms with Crippen molar-refractivity contribution in [3.05, 3.63) is 48.0 Å². The monoisotopic (exact) mass is 358 g/mol. The molecule has 0 aliphatic carbocycles. The number of aromatic nitrogens is 4. The zero-order valence-electron chi connectivity index (χ0n) is 13.7. The number of aliphatic hydroxyl groups is 3. The third-order valence-electron chi connectivity index (χ3n) is 4.45. The molecule has 26 heavy (non-hydrogen) atoms. The molecule has 4 atom stereocenters. The molecule has 0 radical (unpaired) electrons. The highest BCUT2D eigenvalue weighted by Gasteiger charge is 2.44. The van der Waals surface area contributed by atoms with Crippen LogP contribution in [0.3, 0.4) is 0 Å². The van der Waals surface area contributed by atoms with Gasteiger partial charge >= 0.3 is 0 Å². The molecule has 4 N–H and O–H groups in total. The fraction of sp³-hybridized carbons (Fsp3) is 0.353. The van der Waals surface area contributed by atoms with Gasteiger partial charge < -0.3 is 25.2 Å². The van der Waals surface area contributed by atoms with E-state index in [0.717, 1.165) is 5.56 Å². The Bertz CT molecular complexity index is 916. The number of aliphatic hydroxyl groups excluding tert-OH is 3. The summed E-state index contributed by atoms with van der Waals surface area (Å²) >= 11 is 0. The van der Waals surface area contributed by atoms with Gasteiger partial charge in [0.05, 0.1) is 12.9 Å². The summed E-state index contributed by atoms with van der Waals surface area (Å²) in [4.78, 5) is 12.6. The van der Waals surface area contributed by atoms with Crippen molar-refractivity contribution >= 4 is 11.2 Å². The molecule has 1 aliphatic rings. The topological polar surface area (TPSA) is 134 Å². The van der Waals surface area contributed by atoms with Crippen LogP contribution in [0.25, 0.3) is 11.2 Å². The summed E-state index contributed by atoms with van der Waals surface area (Å²) < 4.78 is 6.94. The van der Waals surface area contributed by atoms with Crippen molar-refractivity contribution < 1.29 is 25.2 Å². The molecule has 0 spiro atoms. The van der Waals surface area contributed by atoms with E-state index in [1.807, 2.05) is 30.3 Å². The van der Waals surface area contributed by atoms with Crippen molar-refractivity contribution in [3.8, 4) is 5.88 Å². The molecule has 2 unspecified atom stereocenters. The molecule has 3 aromatic rings. The normalized spacial score (nSPS) is 25.8. The fourth-order valence-corrected chi connectivity index (χ4v) is 3.10. The Morgan fingerprint density at radius 1 is 1.08 bits per heavy atom. The van der Waals surface area contributed by atoms with Crippen LogP contribution in [0.5, 0.6) is 5.88 Å². The molecule has 0 saturated carbocycles. The largest absolute Gasteiger partial charge is 0.492 e. The number of nitrogens with zero attached hydrogens (tertiary/aromatic N) is 4. The van der Waals surface area contributed by atoms with E-state index in [1.54, 1.807) is 0 Å². The molecule has 2 aromatic heterocycles. The van der Waals surface area contributed by atoms with Crippen molar-refractivity contribution in [2.24, 2.45) is 0 Å². The van der Waals surface area contributed by atoms with E-state index in [0.29, 0.717) is 12.2 Å². The van der Waals surface area contributed by atoms with E-state index in [1.165, 1.54) is 10.9 Å². The smallest absolute Gasteiger partial charge is 0.243 e. The maximum Gasteiger partial charge on any atom is 0.243 e. The van der Waals surface area contributed by atoms with E-state index in [-0.39, 0.29) is 17.0 Å². The van der Waals surface area contributed by atoms with Crippen molar-refractivity contribution in [1.29, 1.82) is 0 Å². The number of hydrogen-bond donors (Lipinski definition) is 4. The van der Waals surface area contributed by atoms with Crippen molar-refractivity contribution in [2.45, 2.75) is 31.0 Å². The molecule has 3 heterocycles. The lowest BCUT2D eigenvalue weighted by molar-refractivity contribution is -0.0511. The highest BCUT2D eigenvalue weighted by atomic mass is 16.6. The van der Waals surface area contributed by atoms with Gasteiger partial charge in [-0.2, -0.15) is 4.98 Å². The van der Waals surface area contributed by atoms with Gasteiger partial charge in [-0.25, -0.2) is 9.97 Å². The van der Waals surface area contributed by atoms with Crippen LogP contribution in [0.1, 0.15) is 17.6 Å². The molecular weight excluding hydrogens is 340 g/mol. The number of imidazole rings is 1. The molecule has 0 amide bonds. The molecule has 0 bridgehead atoms. The summed E-state index contributed by atoms with van der Waals surface area (Å²) in [5, 5.41) is 39.6. The minimum absolute atomic E-state index is 0.166. The first-order chi connectivity index (χ1) is 12.6. The SMILES string of the molecule is OC[C@H]1O[C@@H](n2cnc3c(O)nc(Cc4ccccc4)nc32)C(O)C1O. The van der Waals surface area contributed by atoms with Gasteiger partial charge in [0.1, 0.15) is 24.1 Å². The summed E-state index contributed by atoms with van der Waals surface area (Å²) in [6, 6.07) is 9.55. The van der Waals surface area contributed by atoms with Crippen molar-refractivity contribution in [2.75, 3.05) is 6.61 Å². The van der Waals surface area contributed by atoms with Crippen LogP contribution in [0.4, 0.5) is 0 Å². The average molecular weight is 358 g/mol. The Balaban J connectivity index is 1.73. The van der Waals surface area contributed by atoms with Crippen LogP contribution in [0.2, 0.25) is 0 Å². The quantitative estimate of drug-likeness (QED) is 0.501. The van der Waals surface area contributed by atoms with Gasteiger partial charge in [0.25, 0.3) is 0 Å². The Labute approximate surface area is 148 Å². The Hall–Kier alpha value is -2.59. The zero-order chi connectivity index (χ0) is 18.3. The minimum Gasteiger partial charge on any atom is -0.492 e. The molecule has 1 aromatic carbocycles. The maximum absolute atomic E-state index is 10.2. The van der Waals surface area contributed by atoms with E-state index in [4.69, 9.17) is 4.74 Å². The van der Waals surface area contributed by atoms with Crippen LogP contribution in [0, 0.1) is 0 Å². The second-order valence-electron chi connectivity index (χ2n) is 6.18. The van der Waals surface area contributed by atoms with Crippen LogP contribution in [-0.4, -0.2) is 64.9 Å². The van der Waals surface area contributed by atoms with Gasteiger partial charge in [-0.3, -0.25) is 4.57 Å². The zero-order valence-corrected chi connectivity index (χ0v) is 13.7. The van der Waals surface area contributed by atoms with Gasteiger partial charge in [-0.15, -0.1) is 0 Å². The second kappa shape index (κ2) is 6.61. The summed E-state index contributed by atoms with van der Waals surface area (Å²) in [6.45, 7) is -0.430. The summed E-state index contributed by atoms with van der Waals surface area (Å²) in [7, 11) is 0. The molecular formula is C17H18N4O5. The third kappa shape index (κ3) is 2.80. The first-order valence-corrected chi connectivity index (χ1v) is 8.17. The highest BCUT2D eigenvalue weighted by molar-refractivity contribution is 5.76. The van der Waals surface area contributed by atoms with Crippen molar-refractivity contribution in [3.63, 3.8) is 0 Å². The Morgan fingerprint density at radius 2 is 1.85 bits per heavy atom. The number of benzene rings is 1. The standard InChI is InChI=1S/C17H18N4O5/c22-7-10-13(23)14(24)17(26-10)21-8-18-12-15(21)19-11(20-16(12)25)6-9-4-2-1-3-5-9/h1-5,8,10,13-14,17,22-24H,6-7H2,(H,19,20,25)/t10-,13?,14?,17-/m1/s1. The number of hydrogen-bond acceptors (Lipinski definition) is 8. The van der Waals surface area contributed by atoms with Crippen LogP contribution in [0.15, 0.2) is 36.7 Å². The molecule has 136 valence electrons. The fourth-order valence-electron chi connectivity index (χ4n) is 3.10. The van der Waals surface area contributed by atoms with E-state index in [9.17, 15) is 20.4 Å². The second-order valence-corrected chi connectivity index (χ2v) is 6.18. The number of aromatic hydroxyl groups is 1. The third-order valence-corrected chi connectivity index (χ3v) is 4.45. The minimum atomic E-state index is -1.26. The molecule has 1 saturated heterocycles. The van der Waals surface area contributed by atoms with E-state index in [2.05, 4.69) is 15.0 Å². The van der Waals surface area contributed by atoms with E-state index < -0.39 is 31.1 Å². The predicted octanol–water partition coefficient (Wildman–Crippen LogP) is -0.266. The summed E-state index contributed by atoms with van der Waals surface area (Å²) in [5.41, 5.74) is 1.42. The first kappa shape index (κ1) is 16.9. The van der Waals surface area contributed by atoms with Crippen LogP contribution >= 0.6 is 0 Å². The van der Waals surface area contributed by atoms with Gasteiger partial charge in [0.15, 0.2) is 17.4 Å². The Kier molecular flexibility index (Phi) is 4.29. The number of ether oxygens (including phenoxy) is 1. The lowest BCUT2D eigenvalue weighted by Crippen LogP contribution is -2.33. The van der Waals surface area contributed by atoms with Crippen LogP contribution in [-0.2, 0) is 11.2 Å². The number of rotatable bonds is 4. The Morgan fingerprint density at radius 3 is 2.54 bits per heavy atom. The lowest BCUT2D eigenvalue weighted by atomic mass is 10.1. The van der Waals surface area contributed by atoms with Gasteiger partial charge in [0.2, 0.25) is 5.88 Å². The van der Waals surface area contributed by atoms with Crippen molar-refractivity contribution in [1.82, 2.24) is 19.5 Å². The summed E-state index contributed by atoms with van der Waals surface area (Å²) in [6.07, 6.45) is -2.63. The first-order valence-electron chi connectivity index (χ1n) is 8.17. The summed E-state index contributed by atoms with van der Waals surface area (Å²) in [5.74, 6) is 0.112. The highest BCUT2D eigenvalue weighted by Crippen LogP contribution is 2.32. The number of fused-ring (bicyclic) bond motifs is 1. The van der Waals surface area contributed by atoms with Crippen LogP contribution < -0.4 is 0 Å². The van der Waals surface area contributed by atoms with E-state index >= 15 is 0 Å².